The molecule has 3 fully saturated rings. The van der Waals surface area contributed by atoms with Gasteiger partial charge in [0.2, 0.25) is 11.8 Å². The molecule has 3 heterocycles. The van der Waals surface area contributed by atoms with Crippen LogP contribution in [0.15, 0.2) is 12.1 Å². The molecule has 4 atom stereocenters. The highest BCUT2D eigenvalue weighted by atomic mass is 35.5. The maximum absolute atomic E-state index is 14.5. The van der Waals surface area contributed by atoms with Gasteiger partial charge in [0.15, 0.2) is 0 Å². The van der Waals surface area contributed by atoms with Gasteiger partial charge in [0.1, 0.15) is 29.9 Å². The van der Waals surface area contributed by atoms with Gasteiger partial charge in [-0.15, -0.1) is 5.10 Å². The first-order valence-electron chi connectivity index (χ1n) is 14.4. The number of carbonyl (C=O) groups excluding carboxylic acids is 2. The standard InChI is InChI=1S/C29H35ClF3N5O3/c1-16-3-4-17(31)11-19(16)28(40)38-10-7-18-20(30)5-6-23(41-14-21-26(27(32)33)36(2)35-34-21)25(18)22(38)13-37-15-29(8-9-29)12-24(37)39/h5-6,16-17,19,22,27H,3-4,7-15H2,1-2H3/t16-,17-,19+,22+/m0/s1. The zero-order valence-electron chi connectivity index (χ0n) is 23.3. The van der Waals surface area contributed by atoms with E-state index in [1.54, 1.807) is 17.0 Å². The topological polar surface area (TPSA) is 80.6 Å². The Morgan fingerprint density at radius 3 is 2.76 bits per heavy atom. The van der Waals surface area contributed by atoms with Crippen molar-refractivity contribution in [1.29, 1.82) is 0 Å². The van der Waals surface area contributed by atoms with Gasteiger partial charge in [-0.3, -0.25) is 9.59 Å². The predicted octanol–water partition coefficient (Wildman–Crippen LogP) is 5.20. The number of carbonyl (C=O) groups is 2. The Bertz CT molecular complexity index is 1350. The second kappa shape index (κ2) is 10.8. The van der Waals surface area contributed by atoms with Crippen molar-refractivity contribution in [1.82, 2.24) is 24.8 Å². The first-order valence-corrected chi connectivity index (χ1v) is 14.8. The lowest BCUT2D eigenvalue weighted by molar-refractivity contribution is -0.144. The van der Waals surface area contributed by atoms with E-state index in [1.165, 1.54) is 7.05 Å². The summed E-state index contributed by atoms with van der Waals surface area (Å²) in [5.41, 5.74) is 1.20. The maximum Gasteiger partial charge on any atom is 0.282 e. The number of likely N-dealkylation sites (tertiary alicyclic amines) is 1. The number of amides is 2. The molecule has 2 aliphatic carbocycles. The third kappa shape index (κ3) is 5.30. The number of aromatic nitrogens is 3. The number of hydrogen-bond donors (Lipinski definition) is 0. The number of halogens is 4. The second-order valence-electron chi connectivity index (χ2n) is 12.3. The number of ether oxygens (including phenoxy) is 1. The summed E-state index contributed by atoms with van der Waals surface area (Å²) >= 11 is 6.67. The maximum atomic E-state index is 14.5. The molecule has 2 amide bonds. The summed E-state index contributed by atoms with van der Waals surface area (Å²) in [7, 11) is 1.40. The molecule has 1 aromatic carbocycles. The summed E-state index contributed by atoms with van der Waals surface area (Å²) in [6, 6.07) is 2.81. The number of hydrogen-bond acceptors (Lipinski definition) is 5. The molecular formula is C29H35ClF3N5O3. The third-order valence-electron chi connectivity index (χ3n) is 9.57. The van der Waals surface area contributed by atoms with Crippen molar-refractivity contribution in [2.75, 3.05) is 19.6 Å². The molecule has 4 aliphatic rings. The van der Waals surface area contributed by atoms with Crippen LogP contribution in [0, 0.1) is 17.3 Å². The number of aryl methyl sites for hydroxylation is 1. The Morgan fingerprint density at radius 1 is 1.27 bits per heavy atom. The molecule has 1 aromatic heterocycles. The lowest BCUT2D eigenvalue weighted by atomic mass is 9.78. The number of fused-ring (bicyclic) bond motifs is 1. The monoisotopic (exact) mass is 593 g/mol. The van der Waals surface area contributed by atoms with Crippen LogP contribution in [0.2, 0.25) is 5.02 Å². The number of rotatable bonds is 7. The van der Waals surface area contributed by atoms with Crippen LogP contribution in [0.1, 0.15) is 80.4 Å². The van der Waals surface area contributed by atoms with E-state index in [0.29, 0.717) is 55.1 Å². The van der Waals surface area contributed by atoms with Gasteiger partial charge in [0.25, 0.3) is 6.43 Å². The summed E-state index contributed by atoms with van der Waals surface area (Å²) in [5.74, 6) is -0.0842. The first kappa shape index (κ1) is 28.3. The fraction of sp³-hybridized carbons (Fsp3) is 0.655. The second-order valence-corrected chi connectivity index (χ2v) is 12.7. The molecule has 6 rings (SSSR count). The van der Waals surface area contributed by atoms with Crippen LogP contribution in [-0.2, 0) is 29.7 Å². The smallest absolute Gasteiger partial charge is 0.282 e. The van der Waals surface area contributed by atoms with Gasteiger partial charge in [-0.1, -0.05) is 23.7 Å². The van der Waals surface area contributed by atoms with Gasteiger partial charge in [0.05, 0.1) is 6.04 Å². The zero-order valence-corrected chi connectivity index (χ0v) is 24.0. The molecule has 0 unspecified atom stereocenters. The summed E-state index contributed by atoms with van der Waals surface area (Å²) in [4.78, 5) is 30.8. The summed E-state index contributed by atoms with van der Waals surface area (Å²) in [6.07, 6.45) is 0.483. The molecule has 2 saturated carbocycles. The van der Waals surface area contributed by atoms with Gasteiger partial charge < -0.3 is 14.5 Å². The average Bonchev–Trinajstić information content (AvgIpc) is 3.46. The van der Waals surface area contributed by atoms with Crippen LogP contribution in [-0.4, -0.2) is 62.4 Å². The van der Waals surface area contributed by atoms with Crippen molar-refractivity contribution >= 4 is 23.4 Å². The molecular weight excluding hydrogens is 559 g/mol. The van der Waals surface area contributed by atoms with Gasteiger partial charge in [-0.05, 0) is 67.6 Å². The minimum absolute atomic E-state index is 0.0157. The molecule has 2 aliphatic heterocycles. The van der Waals surface area contributed by atoms with E-state index in [1.807, 2.05) is 11.8 Å². The van der Waals surface area contributed by atoms with Crippen LogP contribution < -0.4 is 4.74 Å². The van der Waals surface area contributed by atoms with Gasteiger partial charge in [-0.2, -0.15) is 0 Å². The predicted molar refractivity (Wildman–Crippen MR) is 144 cm³/mol. The summed E-state index contributed by atoms with van der Waals surface area (Å²) < 4.78 is 49.0. The van der Waals surface area contributed by atoms with Crippen LogP contribution in [0.4, 0.5) is 13.2 Å². The zero-order chi connectivity index (χ0) is 29.1. The third-order valence-corrected chi connectivity index (χ3v) is 9.93. The average molecular weight is 594 g/mol. The highest BCUT2D eigenvalue weighted by Crippen LogP contribution is 2.54. The number of alkyl halides is 3. The van der Waals surface area contributed by atoms with Crippen LogP contribution in [0.3, 0.4) is 0 Å². The number of nitrogens with zero attached hydrogens (tertiary/aromatic N) is 5. The highest BCUT2D eigenvalue weighted by molar-refractivity contribution is 6.31. The van der Waals surface area contributed by atoms with Crippen molar-refractivity contribution in [3.05, 3.63) is 39.7 Å². The van der Waals surface area contributed by atoms with E-state index in [0.717, 1.165) is 23.1 Å². The molecule has 12 heteroatoms. The minimum atomic E-state index is -2.78. The molecule has 1 spiro atoms. The van der Waals surface area contributed by atoms with E-state index in [4.69, 9.17) is 16.3 Å². The van der Waals surface area contributed by atoms with Crippen molar-refractivity contribution in [2.45, 2.75) is 77.1 Å². The fourth-order valence-electron chi connectivity index (χ4n) is 6.98. The molecule has 0 bridgehead atoms. The van der Waals surface area contributed by atoms with Gasteiger partial charge >= 0.3 is 0 Å². The molecule has 8 nitrogen and oxygen atoms in total. The van der Waals surface area contributed by atoms with Crippen LogP contribution in [0.25, 0.3) is 0 Å². The van der Waals surface area contributed by atoms with Crippen LogP contribution in [0.5, 0.6) is 5.75 Å². The van der Waals surface area contributed by atoms with Gasteiger partial charge in [-0.25, -0.2) is 17.9 Å². The lowest BCUT2D eigenvalue weighted by Gasteiger charge is -2.43. The van der Waals surface area contributed by atoms with E-state index in [2.05, 4.69) is 10.3 Å². The van der Waals surface area contributed by atoms with E-state index < -0.39 is 24.6 Å². The largest absolute Gasteiger partial charge is 0.487 e. The molecule has 222 valence electrons. The number of benzene rings is 1. The Balaban J connectivity index is 1.36. The highest BCUT2D eigenvalue weighted by Gasteiger charge is 2.52. The fourth-order valence-corrected chi connectivity index (χ4v) is 7.24. The Hall–Kier alpha value is -2.82. The summed E-state index contributed by atoms with van der Waals surface area (Å²) in [6.45, 7) is 3.03. The molecule has 2 aromatic rings. The quantitative estimate of drug-likeness (QED) is 0.441. The Kier molecular flexibility index (Phi) is 7.45. The molecule has 0 radical (unpaired) electrons. The summed E-state index contributed by atoms with van der Waals surface area (Å²) in [5, 5.41) is 8.10. The van der Waals surface area contributed by atoms with Crippen molar-refractivity contribution in [3.63, 3.8) is 0 Å². The molecule has 41 heavy (non-hydrogen) atoms. The molecule has 1 saturated heterocycles. The first-order chi connectivity index (χ1) is 19.6. The van der Waals surface area contributed by atoms with Crippen molar-refractivity contribution < 1.29 is 27.5 Å². The Morgan fingerprint density at radius 2 is 2.05 bits per heavy atom. The lowest BCUT2D eigenvalue weighted by Crippen LogP contribution is -2.49. The minimum Gasteiger partial charge on any atom is -0.487 e. The molecule has 0 N–H and O–H groups in total. The van der Waals surface area contributed by atoms with Gasteiger partial charge in [0, 0.05) is 49.6 Å². The van der Waals surface area contributed by atoms with E-state index in [9.17, 15) is 22.8 Å². The van der Waals surface area contributed by atoms with Crippen molar-refractivity contribution in [2.24, 2.45) is 24.3 Å². The van der Waals surface area contributed by atoms with Crippen molar-refractivity contribution in [3.8, 4) is 5.75 Å². The SMILES string of the molecule is C[C@H]1CC[C@H](F)C[C@H]1C(=O)N1CCc2c(Cl)ccc(OCc3nnn(C)c3C(F)F)c2[C@H]1CN1CC2(CC2)CC1=O. The van der Waals surface area contributed by atoms with Crippen LogP contribution >= 0.6 is 11.6 Å². The van der Waals surface area contributed by atoms with E-state index in [-0.39, 0.29) is 54.1 Å². The Labute approximate surface area is 242 Å². The normalized spacial score (nSPS) is 27.0. The van der Waals surface area contributed by atoms with E-state index >= 15 is 0 Å².